The van der Waals surface area contributed by atoms with Crippen LogP contribution in [-0.4, -0.2) is 66.4 Å². The number of carbonyl (C=O) groups is 3. The number of carbonyl (C=O) groups excluding carboxylic acids is 3. The number of hydrogen-bond acceptors (Lipinski definition) is 7. The number of rotatable bonds is 5. The SMILES string of the molecule is COCCOC(=O)[C@]12CO[C@H](C(C)(C)C)N1C(=O)C(C(C)=O)=C2O. The quantitative estimate of drug-likeness (QED) is 0.443. The van der Waals surface area contributed by atoms with E-state index in [0.29, 0.717) is 0 Å². The number of methoxy groups -OCH3 is 1. The maximum absolute atomic E-state index is 12.7. The van der Waals surface area contributed by atoms with Crippen LogP contribution in [0.15, 0.2) is 11.3 Å². The highest BCUT2D eigenvalue weighted by Crippen LogP contribution is 2.46. The zero-order chi connectivity index (χ0) is 18.3. The minimum atomic E-state index is -1.82. The van der Waals surface area contributed by atoms with Crippen molar-refractivity contribution in [2.24, 2.45) is 5.41 Å². The molecule has 8 heteroatoms. The molecular weight excluding hydrogens is 318 g/mol. The molecule has 2 heterocycles. The second-order valence-electron chi connectivity index (χ2n) is 6.97. The minimum absolute atomic E-state index is 0.0397. The average molecular weight is 341 g/mol. The molecule has 0 aromatic carbocycles. The number of ether oxygens (including phenoxy) is 3. The molecule has 2 rings (SSSR count). The van der Waals surface area contributed by atoms with Crippen LogP contribution in [0.3, 0.4) is 0 Å². The lowest BCUT2D eigenvalue weighted by Crippen LogP contribution is -2.57. The monoisotopic (exact) mass is 341 g/mol. The highest BCUT2D eigenvalue weighted by Gasteiger charge is 2.67. The normalized spacial score (nSPS) is 26.8. The Balaban J connectivity index is 2.49. The van der Waals surface area contributed by atoms with Crippen molar-refractivity contribution in [1.82, 2.24) is 4.90 Å². The first-order valence-electron chi connectivity index (χ1n) is 7.65. The number of aliphatic hydroxyl groups is 1. The van der Waals surface area contributed by atoms with Gasteiger partial charge in [-0.15, -0.1) is 0 Å². The second kappa shape index (κ2) is 6.18. The lowest BCUT2D eigenvalue weighted by atomic mass is 9.91. The lowest BCUT2D eigenvalue weighted by molar-refractivity contribution is -0.161. The fraction of sp³-hybridized carbons (Fsp3) is 0.688. The van der Waals surface area contributed by atoms with Gasteiger partial charge in [0.25, 0.3) is 5.91 Å². The maximum Gasteiger partial charge on any atom is 0.342 e. The highest BCUT2D eigenvalue weighted by molar-refractivity contribution is 6.23. The van der Waals surface area contributed by atoms with Gasteiger partial charge in [-0.05, 0) is 6.92 Å². The second-order valence-corrected chi connectivity index (χ2v) is 6.97. The third kappa shape index (κ3) is 2.59. The number of Topliss-reactive ketones (excluding diaryl/α,β-unsaturated/α-hetero) is 1. The molecule has 2 atom stereocenters. The van der Waals surface area contributed by atoms with Gasteiger partial charge in [0.1, 0.15) is 24.2 Å². The van der Waals surface area contributed by atoms with Gasteiger partial charge in [0.2, 0.25) is 5.54 Å². The Morgan fingerprint density at radius 3 is 2.50 bits per heavy atom. The maximum atomic E-state index is 12.7. The highest BCUT2D eigenvalue weighted by atomic mass is 16.6. The van der Waals surface area contributed by atoms with Crippen LogP contribution in [0.5, 0.6) is 0 Å². The van der Waals surface area contributed by atoms with Crippen molar-refractivity contribution in [3.63, 3.8) is 0 Å². The molecule has 1 N–H and O–H groups in total. The Morgan fingerprint density at radius 2 is 2.00 bits per heavy atom. The zero-order valence-electron chi connectivity index (χ0n) is 14.5. The van der Waals surface area contributed by atoms with Gasteiger partial charge in [-0.1, -0.05) is 20.8 Å². The summed E-state index contributed by atoms with van der Waals surface area (Å²) in [6.07, 6.45) is -0.779. The first-order valence-corrected chi connectivity index (χ1v) is 7.65. The van der Waals surface area contributed by atoms with Crippen LogP contribution >= 0.6 is 0 Å². The van der Waals surface area contributed by atoms with Crippen molar-refractivity contribution < 1.29 is 33.7 Å². The molecular formula is C16H23NO7. The molecule has 8 nitrogen and oxygen atoms in total. The van der Waals surface area contributed by atoms with E-state index in [1.54, 1.807) is 0 Å². The van der Waals surface area contributed by atoms with Crippen LogP contribution in [0.4, 0.5) is 0 Å². The lowest BCUT2D eigenvalue weighted by Gasteiger charge is -2.36. The number of ketones is 1. The van der Waals surface area contributed by atoms with Gasteiger partial charge in [0.15, 0.2) is 5.78 Å². The smallest absolute Gasteiger partial charge is 0.342 e. The molecule has 0 aromatic rings. The summed E-state index contributed by atoms with van der Waals surface area (Å²) in [6, 6.07) is 0. The molecule has 1 fully saturated rings. The molecule has 0 saturated carbocycles. The number of hydrogen-bond donors (Lipinski definition) is 1. The molecule has 24 heavy (non-hydrogen) atoms. The van der Waals surface area contributed by atoms with Gasteiger partial charge in [-0.3, -0.25) is 14.5 Å². The largest absolute Gasteiger partial charge is 0.508 e. The van der Waals surface area contributed by atoms with Crippen molar-refractivity contribution in [2.75, 3.05) is 26.9 Å². The number of nitrogens with zero attached hydrogens (tertiary/aromatic N) is 1. The van der Waals surface area contributed by atoms with Crippen molar-refractivity contribution in [2.45, 2.75) is 39.5 Å². The van der Waals surface area contributed by atoms with Crippen LogP contribution in [0.1, 0.15) is 27.7 Å². The molecule has 0 unspecified atom stereocenters. The average Bonchev–Trinajstić information content (AvgIpc) is 2.96. The summed E-state index contributed by atoms with van der Waals surface area (Å²) in [5.41, 5.74) is -2.74. The summed E-state index contributed by atoms with van der Waals surface area (Å²) < 4.78 is 15.6. The summed E-state index contributed by atoms with van der Waals surface area (Å²) >= 11 is 0. The zero-order valence-corrected chi connectivity index (χ0v) is 14.5. The summed E-state index contributed by atoms with van der Waals surface area (Å²) in [5.74, 6) is -2.77. The molecule has 0 aliphatic carbocycles. The van der Waals surface area contributed by atoms with Gasteiger partial charge in [0, 0.05) is 12.5 Å². The van der Waals surface area contributed by atoms with E-state index in [9.17, 15) is 19.5 Å². The van der Waals surface area contributed by atoms with E-state index in [4.69, 9.17) is 14.2 Å². The van der Waals surface area contributed by atoms with Gasteiger partial charge in [0.05, 0.1) is 13.2 Å². The minimum Gasteiger partial charge on any atom is -0.508 e. The number of aliphatic hydroxyl groups excluding tert-OH is 1. The Labute approximate surface area is 140 Å². The van der Waals surface area contributed by atoms with Crippen LogP contribution in [0.25, 0.3) is 0 Å². The van der Waals surface area contributed by atoms with Crippen LogP contribution in [0, 0.1) is 5.41 Å². The van der Waals surface area contributed by atoms with E-state index in [1.165, 1.54) is 14.0 Å². The standard InChI is InChI=1S/C16H23NO7/c1-9(18)10-11(19)16(14(21)23-7-6-22-5)8-24-13(15(2,3)4)17(16)12(10)20/h13,19H,6-8H2,1-5H3/t13-,16-/m1/s1. The van der Waals surface area contributed by atoms with Crippen molar-refractivity contribution in [3.05, 3.63) is 11.3 Å². The van der Waals surface area contributed by atoms with Gasteiger partial charge in [-0.25, -0.2) is 4.79 Å². The molecule has 1 saturated heterocycles. The van der Waals surface area contributed by atoms with E-state index in [2.05, 4.69) is 0 Å². The number of esters is 1. The molecule has 0 radical (unpaired) electrons. The van der Waals surface area contributed by atoms with E-state index in [1.807, 2.05) is 20.8 Å². The topological polar surface area (TPSA) is 102 Å². The fourth-order valence-corrected chi connectivity index (χ4v) is 2.98. The molecule has 1 amide bonds. The predicted molar refractivity (Wildman–Crippen MR) is 81.9 cm³/mol. The summed E-state index contributed by atoms with van der Waals surface area (Å²) in [5, 5.41) is 10.5. The molecule has 0 aromatic heterocycles. The Hall–Kier alpha value is -1.93. The summed E-state index contributed by atoms with van der Waals surface area (Å²) in [6.45, 7) is 6.53. The van der Waals surface area contributed by atoms with Crippen LogP contribution in [0.2, 0.25) is 0 Å². The number of fused-ring (bicyclic) bond motifs is 1. The molecule has 0 spiro atoms. The van der Waals surface area contributed by atoms with E-state index in [0.717, 1.165) is 4.90 Å². The molecule has 2 aliphatic rings. The van der Waals surface area contributed by atoms with Crippen molar-refractivity contribution >= 4 is 17.7 Å². The van der Waals surface area contributed by atoms with Crippen molar-refractivity contribution in [1.29, 1.82) is 0 Å². The van der Waals surface area contributed by atoms with E-state index < -0.39 is 46.2 Å². The van der Waals surface area contributed by atoms with Crippen LogP contribution in [-0.2, 0) is 28.6 Å². The van der Waals surface area contributed by atoms with Gasteiger partial charge in [-0.2, -0.15) is 0 Å². The number of amides is 1. The first kappa shape index (κ1) is 18.4. The van der Waals surface area contributed by atoms with E-state index >= 15 is 0 Å². The van der Waals surface area contributed by atoms with E-state index in [-0.39, 0.29) is 19.8 Å². The predicted octanol–water partition coefficient (Wildman–Crippen LogP) is 0.560. The Bertz CT molecular complexity index is 604. The fourth-order valence-electron chi connectivity index (χ4n) is 2.98. The summed E-state index contributed by atoms with van der Waals surface area (Å²) in [7, 11) is 1.46. The Morgan fingerprint density at radius 1 is 1.38 bits per heavy atom. The molecule has 0 bridgehead atoms. The van der Waals surface area contributed by atoms with Crippen LogP contribution < -0.4 is 0 Å². The third-order valence-electron chi connectivity index (χ3n) is 4.11. The third-order valence-corrected chi connectivity index (χ3v) is 4.11. The van der Waals surface area contributed by atoms with Crippen molar-refractivity contribution in [3.8, 4) is 0 Å². The molecule has 134 valence electrons. The van der Waals surface area contributed by atoms with Gasteiger partial charge >= 0.3 is 5.97 Å². The Kier molecular flexibility index (Phi) is 4.74. The molecule has 2 aliphatic heterocycles. The first-order chi connectivity index (χ1) is 11.1. The van der Waals surface area contributed by atoms with Gasteiger partial charge < -0.3 is 19.3 Å². The summed E-state index contributed by atoms with van der Waals surface area (Å²) in [4.78, 5) is 38.3.